The Labute approximate surface area is 137 Å². The Morgan fingerprint density at radius 3 is 2.50 bits per heavy atom. The molecule has 0 aromatic heterocycles. The summed E-state index contributed by atoms with van der Waals surface area (Å²) < 4.78 is 13.4. The van der Waals surface area contributed by atoms with Crippen molar-refractivity contribution >= 4 is 46.6 Å². The summed E-state index contributed by atoms with van der Waals surface area (Å²) in [5.74, 6) is -0.861. The fourth-order valence-electron chi connectivity index (χ4n) is 1.62. The van der Waals surface area contributed by atoms with Gasteiger partial charge in [0, 0.05) is 11.1 Å². The minimum absolute atomic E-state index is 0.0239. The zero-order valence-electron chi connectivity index (χ0n) is 11.3. The van der Waals surface area contributed by atoms with E-state index < -0.39 is 11.7 Å². The van der Waals surface area contributed by atoms with Crippen molar-refractivity contribution in [2.24, 2.45) is 0 Å². The second-order valence-corrected chi connectivity index (χ2v) is 5.15. The van der Waals surface area contributed by atoms with E-state index in [0.717, 1.165) is 5.56 Å². The standard InChI is InChI=1S/C16H12ClFN2OS/c17-12-8-5-11(6-9-12)7-10-15(21)20-16(22)19-14-4-2-1-3-13(14)18/h1-10H,(H2,19,20,21,22)/b10-7+. The van der Waals surface area contributed by atoms with Gasteiger partial charge in [-0.3, -0.25) is 10.1 Å². The largest absolute Gasteiger partial charge is 0.330 e. The van der Waals surface area contributed by atoms with Crippen molar-refractivity contribution in [2.45, 2.75) is 0 Å². The molecule has 0 saturated carbocycles. The zero-order valence-corrected chi connectivity index (χ0v) is 12.9. The smallest absolute Gasteiger partial charge is 0.250 e. The van der Waals surface area contributed by atoms with Gasteiger partial charge in [-0.05, 0) is 48.1 Å². The molecule has 6 heteroatoms. The van der Waals surface area contributed by atoms with E-state index in [4.69, 9.17) is 23.8 Å². The summed E-state index contributed by atoms with van der Waals surface area (Å²) >= 11 is 10.7. The molecule has 0 unspecified atom stereocenters. The highest BCUT2D eigenvalue weighted by Gasteiger charge is 2.04. The van der Waals surface area contributed by atoms with Gasteiger partial charge in [-0.2, -0.15) is 0 Å². The third-order valence-electron chi connectivity index (χ3n) is 2.66. The number of rotatable bonds is 3. The van der Waals surface area contributed by atoms with E-state index in [2.05, 4.69) is 10.6 Å². The molecule has 0 radical (unpaired) electrons. The molecule has 0 aliphatic rings. The van der Waals surface area contributed by atoms with Crippen LogP contribution in [0, 0.1) is 5.82 Å². The topological polar surface area (TPSA) is 41.1 Å². The van der Waals surface area contributed by atoms with E-state index in [1.807, 2.05) is 0 Å². The monoisotopic (exact) mass is 334 g/mol. The molecule has 0 saturated heterocycles. The maximum absolute atomic E-state index is 13.4. The second-order valence-electron chi connectivity index (χ2n) is 4.31. The number of halogens is 2. The van der Waals surface area contributed by atoms with Crippen molar-refractivity contribution in [1.29, 1.82) is 0 Å². The molecule has 0 aliphatic heterocycles. The minimum Gasteiger partial charge on any atom is -0.330 e. The van der Waals surface area contributed by atoms with Crippen LogP contribution in [-0.4, -0.2) is 11.0 Å². The number of carbonyl (C=O) groups is 1. The molecule has 3 nitrogen and oxygen atoms in total. The number of hydrogen-bond acceptors (Lipinski definition) is 2. The summed E-state index contributed by atoms with van der Waals surface area (Å²) in [4.78, 5) is 11.7. The highest BCUT2D eigenvalue weighted by Crippen LogP contribution is 2.12. The summed E-state index contributed by atoms with van der Waals surface area (Å²) in [5.41, 5.74) is 1.03. The van der Waals surface area contributed by atoms with E-state index in [9.17, 15) is 9.18 Å². The lowest BCUT2D eigenvalue weighted by Gasteiger charge is -2.08. The van der Waals surface area contributed by atoms with Gasteiger partial charge in [-0.25, -0.2) is 4.39 Å². The van der Waals surface area contributed by atoms with Gasteiger partial charge in [0.2, 0.25) is 5.91 Å². The average Bonchev–Trinajstić information content (AvgIpc) is 2.49. The van der Waals surface area contributed by atoms with Crippen LogP contribution in [0.5, 0.6) is 0 Å². The molecular formula is C16H12ClFN2OS. The van der Waals surface area contributed by atoms with Crippen molar-refractivity contribution in [3.05, 3.63) is 71.0 Å². The Bertz CT molecular complexity index is 716. The molecular weight excluding hydrogens is 323 g/mol. The first kappa shape index (κ1) is 16.1. The number of para-hydroxylation sites is 1. The third kappa shape index (κ3) is 4.95. The van der Waals surface area contributed by atoms with Crippen molar-refractivity contribution in [2.75, 3.05) is 5.32 Å². The Balaban J connectivity index is 1.90. The van der Waals surface area contributed by atoms with Gasteiger partial charge >= 0.3 is 0 Å². The summed E-state index contributed by atoms with van der Waals surface area (Å²) in [7, 11) is 0. The first-order valence-electron chi connectivity index (χ1n) is 6.35. The maximum Gasteiger partial charge on any atom is 0.250 e. The Hall–Kier alpha value is -2.24. The predicted molar refractivity (Wildman–Crippen MR) is 91.2 cm³/mol. The van der Waals surface area contributed by atoms with Crippen LogP contribution in [0.1, 0.15) is 5.56 Å². The van der Waals surface area contributed by atoms with Crippen molar-refractivity contribution in [3.8, 4) is 0 Å². The van der Waals surface area contributed by atoms with E-state index in [1.54, 1.807) is 42.5 Å². The number of amides is 1. The average molecular weight is 335 g/mol. The molecule has 0 bridgehead atoms. The van der Waals surface area contributed by atoms with Gasteiger partial charge in [-0.15, -0.1) is 0 Å². The van der Waals surface area contributed by atoms with Crippen LogP contribution >= 0.6 is 23.8 Å². The molecule has 2 aromatic rings. The second kappa shape index (κ2) is 7.68. The van der Waals surface area contributed by atoms with E-state index in [0.29, 0.717) is 5.02 Å². The first-order chi connectivity index (χ1) is 10.5. The number of thiocarbonyl (C=S) groups is 1. The summed E-state index contributed by atoms with van der Waals surface area (Å²) in [6, 6.07) is 13.1. The third-order valence-corrected chi connectivity index (χ3v) is 3.11. The van der Waals surface area contributed by atoms with Crippen molar-refractivity contribution in [1.82, 2.24) is 5.32 Å². The lowest BCUT2D eigenvalue weighted by molar-refractivity contribution is -0.115. The molecule has 2 N–H and O–H groups in total. The van der Waals surface area contributed by atoms with E-state index in [1.165, 1.54) is 18.2 Å². The minimum atomic E-state index is -0.448. The highest BCUT2D eigenvalue weighted by atomic mass is 35.5. The molecule has 0 fully saturated rings. The lowest BCUT2D eigenvalue weighted by atomic mass is 10.2. The molecule has 112 valence electrons. The van der Waals surface area contributed by atoms with Gasteiger partial charge < -0.3 is 5.32 Å². The number of hydrogen-bond donors (Lipinski definition) is 2. The maximum atomic E-state index is 13.4. The van der Waals surface area contributed by atoms with Gasteiger partial charge in [0.1, 0.15) is 5.82 Å². The molecule has 0 heterocycles. The van der Waals surface area contributed by atoms with Gasteiger partial charge in [0.05, 0.1) is 5.69 Å². The van der Waals surface area contributed by atoms with Crippen LogP contribution in [0.15, 0.2) is 54.6 Å². The molecule has 22 heavy (non-hydrogen) atoms. The van der Waals surface area contributed by atoms with Crippen LogP contribution in [0.3, 0.4) is 0 Å². The summed E-state index contributed by atoms with van der Waals surface area (Å²) in [6.07, 6.45) is 2.95. The Morgan fingerprint density at radius 1 is 1.14 bits per heavy atom. The molecule has 0 aliphatic carbocycles. The fourth-order valence-corrected chi connectivity index (χ4v) is 1.95. The van der Waals surface area contributed by atoms with Gasteiger partial charge in [0.25, 0.3) is 0 Å². The Kier molecular flexibility index (Phi) is 5.63. The SMILES string of the molecule is O=C(/C=C/c1ccc(Cl)cc1)NC(=S)Nc1ccccc1F. The number of benzene rings is 2. The zero-order chi connectivity index (χ0) is 15.9. The predicted octanol–water partition coefficient (Wildman–Crippen LogP) is 4.01. The van der Waals surface area contributed by atoms with Crippen LogP contribution in [0.2, 0.25) is 5.02 Å². The fraction of sp³-hybridized carbons (Fsp3) is 0. The quantitative estimate of drug-likeness (QED) is 0.658. The Morgan fingerprint density at radius 2 is 1.82 bits per heavy atom. The van der Waals surface area contributed by atoms with E-state index >= 15 is 0 Å². The van der Waals surface area contributed by atoms with Crippen LogP contribution in [0.25, 0.3) is 6.08 Å². The molecule has 1 amide bonds. The summed E-state index contributed by atoms with van der Waals surface area (Å²) in [6.45, 7) is 0. The van der Waals surface area contributed by atoms with Crippen LogP contribution < -0.4 is 10.6 Å². The lowest BCUT2D eigenvalue weighted by Crippen LogP contribution is -2.33. The van der Waals surface area contributed by atoms with Crippen molar-refractivity contribution < 1.29 is 9.18 Å². The van der Waals surface area contributed by atoms with Gasteiger partial charge in [-0.1, -0.05) is 35.9 Å². The molecule has 0 atom stereocenters. The first-order valence-corrected chi connectivity index (χ1v) is 7.13. The van der Waals surface area contributed by atoms with Gasteiger partial charge in [0.15, 0.2) is 5.11 Å². The molecule has 0 spiro atoms. The van der Waals surface area contributed by atoms with Crippen LogP contribution in [-0.2, 0) is 4.79 Å². The number of anilines is 1. The summed E-state index contributed by atoms with van der Waals surface area (Å²) in [5, 5.41) is 5.71. The normalized spacial score (nSPS) is 10.5. The number of carbonyl (C=O) groups excluding carboxylic acids is 1. The van der Waals surface area contributed by atoms with Crippen molar-refractivity contribution in [3.63, 3.8) is 0 Å². The van der Waals surface area contributed by atoms with Crippen LogP contribution in [0.4, 0.5) is 10.1 Å². The molecule has 2 aromatic carbocycles. The van der Waals surface area contributed by atoms with E-state index in [-0.39, 0.29) is 10.8 Å². The molecule has 2 rings (SSSR count). The number of nitrogens with one attached hydrogen (secondary N) is 2. The highest BCUT2D eigenvalue weighted by molar-refractivity contribution is 7.80.